The molecule has 9 heteroatoms. The van der Waals surface area contributed by atoms with E-state index in [1.807, 2.05) is 20.8 Å². The van der Waals surface area contributed by atoms with E-state index in [0.29, 0.717) is 30.8 Å². The maximum atomic E-state index is 10.9. The summed E-state index contributed by atoms with van der Waals surface area (Å²) in [6, 6.07) is 1.79. The van der Waals surface area contributed by atoms with E-state index in [9.17, 15) is 25.2 Å². The average molecular weight is 426 g/mol. The molecule has 2 heterocycles. The zero-order valence-electron chi connectivity index (χ0n) is 17.4. The van der Waals surface area contributed by atoms with Gasteiger partial charge in [-0.1, -0.05) is 0 Å². The number of carboxylic acids is 1. The van der Waals surface area contributed by atoms with E-state index in [1.54, 1.807) is 6.07 Å². The van der Waals surface area contributed by atoms with Gasteiger partial charge in [0.15, 0.2) is 0 Å². The molecule has 2 aliphatic heterocycles. The van der Waals surface area contributed by atoms with Crippen molar-refractivity contribution >= 4 is 5.97 Å². The Morgan fingerprint density at radius 3 is 2.53 bits per heavy atom. The second kappa shape index (κ2) is 8.68. The van der Waals surface area contributed by atoms with E-state index in [4.69, 9.17) is 19.3 Å². The van der Waals surface area contributed by atoms with Crippen LogP contribution in [0.15, 0.2) is 6.07 Å². The van der Waals surface area contributed by atoms with Crippen LogP contribution in [0.3, 0.4) is 0 Å². The number of rotatable bonds is 6. The molecule has 2 aliphatic rings. The summed E-state index contributed by atoms with van der Waals surface area (Å²) in [5.74, 6) is 0.280. The van der Waals surface area contributed by atoms with E-state index in [-0.39, 0.29) is 6.42 Å². The summed E-state index contributed by atoms with van der Waals surface area (Å²) >= 11 is 0. The number of carboxylic acid groups (broad SMARTS) is 1. The fourth-order valence-corrected chi connectivity index (χ4v) is 3.91. The molecule has 1 aromatic carbocycles. The van der Waals surface area contributed by atoms with Crippen LogP contribution in [0.4, 0.5) is 0 Å². The Bertz CT molecular complexity index is 793. The predicted molar refractivity (Wildman–Crippen MR) is 105 cm³/mol. The SMILES string of the molecule is Cc1c(O[C@@H]2O[C@H](CO)[C@@H](O)[C@H](O)[C@H]2O)cc2c(c1C)OC(C)(CCC(=O)O)CC2. The minimum absolute atomic E-state index is 0.0299. The molecule has 0 aliphatic carbocycles. The first-order chi connectivity index (χ1) is 14.1. The van der Waals surface area contributed by atoms with Crippen LogP contribution in [0.25, 0.3) is 0 Å². The van der Waals surface area contributed by atoms with E-state index in [2.05, 4.69) is 0 Å². The Hall–Kier alpha value is -1.91. The van der Waals surface area contributed by atoms with Crippen LogP contribution in [-0.2, 0) is 16.0 Å². The lowest BCUT2D eigenvalue weighted by Gasteiger charge is -2.40. The van der Waals surface area contributed by atoms with Crippen molar-refractivity contribution in [3.05, 3.63) is 22.8 Å². The first kappa shape index (κ1) is 22.8. The fourth-order valence-electron chi connectivity index (χ4n) is 3.91. The minimum atomic E-state index is -1.52. The lowest BCUT2D eigenvalue weighted by Crippen LogP contribution is -2.60. The van der Waals surface area contributed by atoms with Crippen LogP contribution in [0.1, 0.15) is 42.9 Å². The smallest absolute Gasteiger partial charge is 0.303 e. The van der Waals surface area contributed by atoms with Gasteiger partial charge in [0.05, 0.1) is 6.61 Å². The molecule has 3 rings (SSSR count). The fraction of sp³-hybridized carbons (Fsp3) is 0.667. The number of carbonyl (C=O) groups is 1. The van der Waals surface area contributed by atoms with Crippen LogP contribution in [0.2, 0.25) is 0 Å². The highest BCUT2D eigenvalue weighted by Crippen LogP contribution is 2.42. The summed E-state index contributed by atoms with van der Waals surface area (Å²) in [6.45, 7) is 5.07. The summed E-state index contributed by atoms with van der Waals surface area (Å²) in [4.78, 5) is 10.9. The third kappa shape index (κ3) is 4.40. The molecule has 168 valence electrons. The van der Waals surface area contributed by atoms with Gasteiger partial charge in [-0.3, -0.25) is 4.79 Å². The third-order valence-electron chi connectivity index (χ3n) is 6.10. The largest absolute Gasteiger partial charge is 0.487 e. The monoisotopic (exact) mass is 426 g/mol. The quantitative estimate of drug-likeness (QED) is 0.437. The van der Waals surface area contributed by atoms with Gasteiger partial charge in [-0.2, -0.15) is 0 Å². The van der Waals surface area contributed by atoms with Gasteiger partial charge in [0.2, 0.25) is 6.29 Å². The van der Waals surface area contributed by atoms with Crippen molar-refractivity contribution in [1.82, 2.24) is 0 Å². The zero-order valence-corrected chi connectivity index (χ0v) is 17.4. The number of aliphatic carboxylic acids is 1. The number of ether oxygens (including phenoxy) is 3. The van der Waals surface area contributed by atoms with Gasteiger partial charge in [-0.25, -0.2) is 0 Å². The van der Waals surface area contributed by atoms with E-state index < -0.39 is 48.9 Å². The molecule has 6 atom stereocenters. The van der Waals surface area contributed by atoms with Crippen LogP contribution >= 0.6 is 0 Å². The van der Waals surface area contributed by atoms with Gasteiger partial charge < -0.3 is 39.7 Å². The minimum Gasteiger partial charge on any atom is -0.487 e. The van der Waals surface area contributed by atoms with Crippen molar-refractivity contribution in [1.29, 1.82) is 0 Å². The number of hydrogen-bond acceptors (Lipinski definition) is 8. The first-order valence-electron chi connectivity index (χ1n) is 10.1. The highest BCUT2D eigenvalue weighted by Gasteiger charge is 2.45. The molecular weight excluding hydrogens is 396 g/mol. The average Bonchev–Trinajstić information content (AvgIpc) is 2.71. The molecule has 9 nitrogen and oxygen atoms in total. The van der Waals surface area contributed by atoms with Crippen molar-refractivity contribution in [2.45, 2.75) is 82.8 Å². The molecule has 30 heavy (non-hydrogen) atoms. The predicted octanol–water partition coefficient (Wildman–Crippen LogP) is 0.431. The van der Waals surface area contributed by atoms with Gasteiger partial charge in [-0.15, -0.1) is 0 Å². The van der Waals surface area contributed by atoms with Crippen molar-refractivity contribution in [2.24, 2.45) is 0 Å². The Balaban J connectivity index is 1.82. The second-order valence-corrected chi connectivity index (χ2v) is 8.37. The molecule has 0 aromatic heterocycles. The lowest BCUT2D eigenvalue weighted by molar-refractivity contribution is -0.277. The summed E-state index contributed by atoms with van der Waals surface area (Å²) in [7, 11) is 0. The Labute approximate surface area is 174 Å². The summed E-state index contributed by atoms with van der Waals surface area (Å²) in [5.41, 5.74) is 1.90. The topological polar surface area (TPSA) is 146 Å². The maximum absolute atomic E-state index is 10.9. The molecule has 1 aromatic rings. The van der Waals surface area contributed by atoms with E-state index >= 15 is 0 Å². The molecule has 0 amide bonds. The molecule has 1 fully saturated rings. The molecule has 1 saturated heterocycles. The molecular formula is C21H30O9. The highest BCUT2D eigenvalue weighted by atomic mass is 16.7. The molecule has 0 spiro atoms. The molecule has 1 unspecified atom stereocenters. The number of fused-ring (bicyclic) bond motifs is 1. The normalized spacial score (nSPS) is 33.5. The van der Waals surface area contributed by atoms with Gasteiger partial charge in [0.25, 0.3) is 0 Å². The van der Waals surface area contributed by atoms with Crippen LogP contribution in [-0.4, -0.2) is 74.4 Å². The molecule has 5 N–H and O–H groups in total. The molecule has 0 bridgehead atoms. The molecule has 0 radical (unpaired) electrons. The summed E-state index contributed by atoms with van der Waals surface area (Å²) in [5, 5.41) is 48.5. The van der Waals surface area contributed by atoms with Gasteiger partial charge in [0.1, 0.15) is 41.5 Å². The lowest BCUT2D eigenvalue weighted by atomic mass is 9.87. The second-order valence-electron chi connectivity index (χ2n) is 8.37. The third-order valence-corrected chi connectivity index (χ3v) is 6.10. The van der Waals surface area contributed by atoms with Crippen molar-refractivity contribution in [3.63, 3.8) is 0 Å². The van der Waals surface area contributed by atoms with E-state index in [1.165, 1.54) is 0 Å². The van der Waals surface area contributed by atoms with E-state index in [0.717, 1.165) is 16.7 Å². The van der Waals surface area contributed by atoms with Crippen LogP contribution in [0.5, 0.6) is 11.5 Å². The maximum Gasteiger partial charge on any atom is 0.303 e. The van der Waals surface area contributed by atoms with Crippen LogP contribution in [0, 0.1) is 13.8 Å². The number of hydrogen-bond donors (Lipinski definition) is 5. The standard InChI is InChI=1S/C21H30O9/c1-10-11(2)19-12(4-6-21(3,30-19)7-5-15(23)24)8-13(10)28-20-18(27)17(26)16(25)14(9-22)29-20/h8,14,16-18,20,22,25-27H,4-7,9H2,1-3H3,(H,23,24)/t14-,16-,17+,18-,20-,21?/m1/s1. The van der Waals surface area contributed by atoms with Gasteiger partial charge in [0, 0.05) is 6.42 Å². The number of aliphatic hydroxyl groups is 4. The number of aryl methyl sites for hydroxylation is 1. The van der Waals surface area contributed by atoms with Crippen LogP contribution < -0.4 is 9.47 Å². The first-order valence-corrected chi connectivity index (χ1v) is 10.1. The van der Waals surface area contributed by atoms with Crippen molar-refractivity contribution in [2.75, 3.05) is 6.61 Å². The Morgan fingerprint density at radius 1 is 1.20 bits per heavy atom. The van der Waals surface area contributed by atoms with Gasteiger partial charge in [-0.05, 0) is 62.8 Å². The van der Waals surface area contributed by atoms with Crippen molar-refractivity contribution in [3.8, 4) is 11.5 Å². The number of aliphatic hydroxyl groups excluding tert-OH is 4. The highest BCUT2D eigenvalue weighted by molar-refractivity contribution is 5.66. The van der Waals surface area contributed by atoms with Crippen molar-refractivity contribution < 1.29 is 44.5 Å². The van der Waals surface area contributed by atoms with Gasteiger partial charge >= 0.3 is 5.97 Å². The zero-order chi connectivity index (χ0) is 22.2. The summed E-state index contributed by atoms with van der Waals surface area (Å²) < 4.78 is 17.5. The molecule has 0 saturated carbocycles. The Morgan fingerprint density at radius 2 is 1.90 bits per heavy atom. The number of benzene rings is 1. The Kier molecular flexibility index (Phi) is 6.59. The summed E-state index contributed by atoms with van der Waals surface area (Å²) in [6.07, 6.45) is -5.02.